The number of carbonyl (C=O) groups excluding carboxylic acids is 3. The van der Waals surface area contributed by atoms with E-state index >= 15 is 0 Å². The van der Waals surface area contributed by atoms with Crippen molar-refractivity contribution in [3.8, 4) is 0 Å². The Balaban J connectivity index is 0.000000286. The van der Waals surface area contributed by atoms with Crippen molar-refractivity contribution in [2.24, 2.45) is 5.92 Å². The largest absolute Gasteiger partial charge is 0.483 e. The minimum Gasteiger partial charge on any atom is -0.483 e. The summed E-state index contributed by atoms with van der Waals surface area (Å²) in [6.45, 7) is 0.780. The summed E-state index contributed by atoms with van der Waals surface area (Å²) in [6, 6.07) is 4.90. The Kier molecular flexibility index (Phi) is 20.5. The molecule has 0 radical (unpaired) electrons. The number of nitrogens with one attached hydrogen (secondary N) is 3. The van der Waals surface area contributed by atoms with Crippen molar-refractivity contribution in [1.82, 2.24) is 25.8 Å². The van der Waals surface area contributed by atoms with Crippen LogP contribution in [0, 0.1) is 5.92 Å². The highest BCUT2D eigenvalue weighted by molar-refractivity contribution is 5.91. The van der Waals surface area contributed by atoms with E-state index in [1.54, 1.807) is 17.0 Å². The van der Waals surface area contributed by atoms with Crippen molar-refractivity contribution >= 4 is 30.8 Å². The third kappa shape index (κ3) is 14.1. The second kappa shape index (κ2) is 24.2. The topological polar surface area (TPSA) is 168 Å². The van der Waals surface area contributed by atoms with Gasteiger partial charge in [0, 0.05) is 37.3 Å². The summed E-state index contributed by atoms with van der Waals surface area (Å²) >= 11 is 0. The van der Waals surface area contributed by atoms with Crippen LogP contribution in [0.2, 0.25) is 0 Å². The smallest absolute Gasteiger partial charge is 0.407 e. The number of hydrogen-bond acceptors (Lipinski definition) is 6. The van der Waals surface area contributed by atoms with Gasteiger partial charge in [0.1, 0.15) is 12.1 Å². The Morgan fingerprint density at radius 1 is 1.00 bits per heavy atom. The highest BCUT2D eigenvalue weighted by Gasteiger charge is 2.41. The number of allylic oxidation sites excluding steroid dienone is 1. The molecule has 5 aliphatic rings. The minimum absolute atomic E-state index is 0.0403. The van der Waals surface area contributed by atoms with Crippen LogP contribution in [0.5, 0.6) is 0 Å². The molecule has 52 heavy (non-hydrogen) atoms. The predicted molar refractivity (Wildman–Crippen MR) is 191 cm³/mol. The van der Waals surface area contributed by atoms with Gasteiger partial charge in [0.25, 0.3) is 12.9 Å². The molecule has 3 aliphatic heterocycles. The molecule has 2 aliphatic carbocycles. The van der Waals surface area contributed by atoms with Gasteiger partial charge in [-0.25, -0.2) is 13.6 Å². The van der Waals surface area contributed by atoms with Crippen LogP contribution in [0.3, 0.4) is 0 Å². The Morgan fingerprint density at radius 3 is 2.31 bits per heavy atom. The van der Waals surface area contributed by atoms with Crippen molar-refractivity contribution < 1.29 is 47.4 Å². The third-order valence-electron chi connectivity index (χ3n) is 9.90. The van der Waals surface area contributed by atoms with E-state index in [0.29, 0.717) is 57.4 Å². The average Bonchev–Trinajstić information content (AvgIpc) is 3.49. The summed E-state index contributed by atoms with van der Waals surface area (Å²) in [4.78, 5) is 58.2. The maximum atomic E-state index is 12.8. The van der Waals surface area contributed by atoms with E-state index in [1.165, 1.54) is 31.7 Å². The second-order valence-electron chi connectivity index (χ2n) is 13.2. The van der Waals surface area contributed by atoms with Crippen LogP contribution in [0.1, 0.15) is 100 Å². The van der Waals surface area contributed by atoms with Crippen molar-refractivity contribution in [3.05, 3.63) is 47.0 Å². The molecule has 3 unspecified atom stereocenters. The number of nitrogens with zero attached hydrogens (tertiary/aromatic N) is 2. The van der Waals surface area contributed by atoms with Gasteiger partial charge in [0.2, 0.25) is 18.2 Å². The normalized spacial score (nSPS) is 24.7. The number of rotatable bonds is 4. The molecule has 1 saturated heterocycles. The fourth-order valence-electron chi connectivity index (χ4n) is 6.98. The SMILES string of the molecule is CF.CNC1CCCC1.O=C(O)N1CCc2cccc(C(F)F)c2C1.O=CNC1CCCCC/C=C\[C@@H]2CC2NC(=O)C2CCCN2C1=O.O=CO. The van der Waals surface area contributed by atoms with E-state index in [4.69, 9.17) is 15.0 Å². The van der Waals surface area contributed by atoms with Crippen molar-refractivity contribution in [2.75, 3.05) is 27.3 Å². The van der Waals surface area contributed by atoms with E-state index in [9.17, 15) is 32.3 Å². The van der Waals surface area contributed by atoms with Gasteiger partial charge in [-0.05, 0) is 81.9 Å². The Hall–Kier alpha value is -4.14. The molecular weight excluding hydrogens is 683 g/mol. The van der Waals surface area contributed by atoms with Crippen LogP contribution in [0.25, 0.3) is 0 Å². The summed E-state index contributed by atoms with van der Waals surface area (Å²) in [5.74, 6) is 0.302. The zero-order valence-corrected chi connectivity index (χ0v) is 30.3. The molecule has 15 heteroatoms. The number of hydrogen-bond donors (Lipinski definition) is 5. The molecule has 2 saturated carbocycles. The van der Waals surface area contributed by atoms with Crippen molar-refractivity contribution in [3.63, 3.8) is 0 Å². The molecule has 4 amide bonds. The Bertz CT molecular complexity index is 1300. The lowest BCUT2D eigenvalue weighted by molar-refractivity contribution is -0.140. The fourth-order valence-corrected chi connectivity index (χ4v) is 6.98. The van der Waals surface area contributed by atoms with Gasteiger partial charge >= 0.3 is 6.09 Å². The highest BCUT2D eigenvalue weighted by atomic mass is 19.3. The second-order valence-corrected chi connectivity index (χ2v) is 13.2. The molecule has 4 atom stereocenters. The molecule has 0 spiro atoms. The highest BCUT2D eigenvalue weighted by Crippen LogP contribution is 2.33. The van der Waals surface area contributed by atoms with Gasteiger partial charge in [0.05, 0.1) is 7.18 Å². The van der Waals surface area contributed by atoms with Crippen LogP contribution in [-0.4, -0.2) is 102 Å². The van der Waals surface area contributed by atoms with E-state index in [1.807, 2.05) is 0 Å². The predicted octanol–water partition coefficient (Wildman–Crippen LogP) is 5.21. The van der Waals surface area contributed by atoms with E-state index < -0.39 is 18.6 Å². The molecular formula is C37H56F3N5O7. The summed E-state index contributed by atoms with van der Waals surface area (Å²) in [7, 11) is 2.55. The first kappa shape index (κ1) is 44.0. The van der Waals surface area contributed by atoms with E-state index in [2.05, 4.69) is 35.2 Å². The number of carbonyl (C=O) groups is 5. The van der Waals surface area contributed by atoms with Crippen LogP contribution >= 0.6 is 0 Å². The van der Waals surface area contributed by atoms with Crippen molar-refractivity contribution in [1.29, 1.82) is 0 Å². The maximum absolute atomic E-state index is 12.8. The number of halogens is 3. The summed E-state index contributed by atoms with van der Waals surface area (Å²) in [5, 5.41) is 24.7. The quantitative estimate of drug-likeness (QED) is 0.207. The lowest BCUT2D eigenvalue weighted by atomic mass is 9.95. The first-order valence-corrected chi connectivity index (χ1v) is 18.1. The Morgan fingerprint density at radius 2 is 1.69 bits per heavy atom. The van der Waals surface area contributed by atoms with Crippen LogP contribution < -0.4 is 16.0 Å². The average molecular weight is 740 g/mol. The lowest BCUT2D eigenvalue weighted by Crippen LogP contribution is -2.52. The van der Waals surface area contributed by atoms with E-state index in [0.717, 1.165) is 55.0 Å². The molecule has 1 aromatic carbocycles. The first-order valence-electron chi connectivity index (χ1n) is 18.1. The van der Waals surface area contributed by atoms with Crippen molar-refractivity contribution in [2.45, 2.75) is 121 Å². The number of alkyl halides is 3. The zero-order valence-electron chi connectivity index (χ0n) is 30.3. The minimum atomic E-state index is -2.55. The summed E-state index contributed by atoms with van der Waals surface area (Å²) in [5.41, 5.74) is 1.24. The van der Waals surface area contributed by atoms with E-state index in [-0.39, 0.29) is 42.5 Å². The van der Waals surface area contributed by atoms with Crippen LogP contribution in [-0.2, 0) is 32.1 Å². The molecule has 3 heterocycles. The molecule has 12 nitrogen and oxygen atoms in total. The van der Waals surface area contributed by atoms with Crippen LogP contribution in [0.15, 0.2) is 30.4 Å². The molecule has 0 aromatic heterocycles. The lowest BCUT2D eigenvalue weighted by Gasteiger charge is -2.28. The van der Waals surface area contributed by atoms with Gasteiger partial charge < -0.3 is 36.0 Å². The van der Waals surface area contributed by atoms with Gasteiger partial charge in [-0.1, -0.05) is 56.0 Å². The zero-order chi connectivity index (χ0) is 38.5. The number of amides is 4. The standard InChI is InChI=1S/C18H27N3O3.C11H11F2NO2.C6H13N.CH3F.CH2O2/c22-12-19-14-8-5-3-1-2-4-7-13-11-15(13)20-17(23)16-9-6-10-21(16)18(14)24;12-10(13)8-3-1-2-7-4-5-14(11(15)16)6-9(7)8;1-7-6-4-2-3-5-6;1-2;2-1-3/h4,7,12-16H,1-3,5-6,8-11H2,(H,19,22)(H,20,23);1-3,10H,4-6H2,(H,15,16);6-7H,2-5H2,1H3;1H3;1H,(H,2,3)/b7-4-;;;;/t13-,14?,15?,16?;;;;/m1..../s1. The number of fused-ring (bicyclic) bond motifs is 3. The number of carboxylic acid groups (broad SMARTS) is 2. The first-order chi connectivity index (χ1) is 25.1. The van der Waals surface area contributed by atoms with Crippen LogP contribution in [0.4, 0.5) is 18.0 Å². The molecule has 6 rings (SSSR count). The van der Waals surface area contributed by atoms with Gasteiger partial charge in [-0.15, -0.1) is 0 Å². The molecule has 292 valence electrons. The maximum Gasteiger partial charge on any atom is 0.407 e. The third-order valence-corrected chi connectivity index (χ3v) is 9.90. The molecule has 0 bridgehead atoms. The summed E-state index contributed by atoms with van der Waals surface area (Å²) < 4.78 is 34.9. The number of benzene rings is 1. The molecule has 1 aromatic rings. The fraction of sp³-hybridized carbons (Fsp3) is 0.649. The van der Waals surface area contributed by atoms with Gasteiger partial charge in [-0.2, -0.15) is 0 Å². The monoisotopic (exact) mass is 739 g/mol. The Labute approximate surface area is 304 Å². The molecule has 3 fully saturated rings. The van der Waals surface area contributed by atoms with Gasteiger partial charge in [0.15, 0.2) is 0 Å². The molecule has 5 N–H and O–H groups in total. The summed E-state index contributed by atoms with van der Waals surface area (Å²) in [6.07, 6.45) is 14.8. The van der Waals surface area contributed by atoms with Gasteiger partial charge in [-0.3, -0.25) is 23.6 Å².